The first kappa shape index (κ1) is 11.0. The minimum absolute atomic E-state index is 0.00389. The third-order valence-corrected chi connectivity index (χ3v) is 2.05. The predicted molar refractivity (Wildman–Crippen MR) is 56.0 cm³/mol. The van der Waals surface area contributed by atoms with Crippen LogP contribution in [0.15, 0.2) is 17.3 Å². The van der Waals surface area contributed by atoms with Crippen LogP contribution in [0.4, 0.5) is 10.1 Å². The lowest BCUT2D eigenvalue weighted by Gasteiger charge is -2.04. The molecule has 0 fully saturated rings. The second-order valence-corrected chi connectivity index (χ2v) is 3.01. The highest BCUT2D eigenvalue weighted by Crippen LogP contribution is 2.25. The van der Waals surface area contributed by atoms with E-state index in [1.54, 1.807) is 0 Å². The van der Waals surface area contributed by atoms with Crippen LogP contribution in [0.3, 0.4) is 0 Å². The van der Waals surface area contributed by atoms with Crippen molar-refractivity contribution in [2.45, 2.75) is 6.92 Å². The standard InChI is InChI=1S/C8H5FINO3/c1-4-2-5(9)3-6(11-13)7(4)8(12)14-10/h2-3H,1H3. The number of rotatable bonds is 2. The Morgan fingerprint density at radius 2 is 2.21 bits per heavy atom. The van der Waals surface area contributed by atoms with Crippen molar-refractivity contribution in [1.29, 1.82) is 0 Å². The monoisotopic (exact) mass is 309 g/mol. The van der Waals surface area contributed by atoms with E-state index in [2.05, 4.69) is 8.24 Å². The summed E-state index contributed by atoms with van der Waals surface area (Å²) < 4.78 is 17.2. The number of benzene rings is 1. The first-order chi connectivity index (χ1) is 6.60. The second kappa shape index (κ2) is 4.45. The van der Waals surface area contributed by atoms with Gasteiger partial charge in [-0.2, -0.15) is 0 Å². The summed E-state index contributed by atoms with van der Waals surface area (Å²) in [7, 11) is 0. The van der Waals surface area contributed by atoms with E-state index in [4.69, 9.17) is 0 Å². The van der Waals surface area contributed by atoms with Gasteiger partial charge in [0.1, 0.15) is 11.5 Å². The molecule has 0 amide bonds. The van der Waals surface area contributed by atoms with Crippen LogP contribution in [0, 0.1) is 17.6 Å². The van der Waals surface area contributed by atoms with Crippen molar-refractivity contribution in [1.82, 2.24) is 0 Å². The molecule has 14 heavy (non-hydrogen) atoms. The fourth-order valence-electron chi connectivity index (χ4n) is 1.10. The molecule has 0 atom stereocenters. The lowest BCUT2D eigenvalue weighted by atomic mass is 10.1. The van der Waals surface area contributed by atoms with Crippen molar-refractivity contribution in [3.05, 3.63) is 34.0 Å². The van der Waals surface area contributed by atoms with Gasteiger partial charge in [-0.05, 0) is 23.7 Å². The number of nitrogens with zero attached hydrogens (tertiary/aromatic N) is 1. The summed E-state index contributed by atoms with van der Waals surface area (Å²) in [5.74, 6) is -1.32. The van der Waals surface area contributed by atoms with Gasteiger partial charge in [0, 0.05) is 6.07 Å². The number of hydrogen-bond acceptors (Lipinski definition) is 4. The van der Waals surface area contributed by atoms with Crippen molar-refractivity contribution < 1.29 is 12.3 Å². The Labute approximate surface area is 93.1 Å². The van der Waals surface area contributed by atoms with Gasteiger partial charge in [-0.15, -0.1) is 4.91 Å². The van der Waals surface area contributed by atoms with Gasteiger partial charge in [0.25, 0.3) is 0 Å². The number of hydrogen-bond donors (Lipinski definition) is 0. The molecule has 0 saturated carbocycles. The number of carbonyl (C=O) groups excluding carboxylic acids is 1. The smallest absolute Gasteiger partial charge is 0.350 e. The minimum atomic E-state index is -0.710. The van der Waals surface area contributed by atoms with Gasteiger partial charge >= 0.3 is 5.97 Å². The van der Waals surface area contributed by atoms with E-state index >= 15 is 0 Å². The molecular weight excluding hydrogens is 304 g/mol. The van der Waals surface area contributed by atoms with Gasteiger partial charge in [-0.1, -0.05) is 0 Å². The molecule has 0 aliphatic carbocycles. The zero-order valence-corrected chi connectivity index (χ0v) is 9.24. The van der Waals surface area contributed by atoms with E-state index in [-0.39, 0.29) is 11.3 Å². The molecule has 1 aromatic rings. The van der Waals surface area contributed by atoms with Gasteiger partial charge in [-0.3, -0.25) is 0 Å². The van der Waals surface area contributed by atoms with Gasteiger partial charge in [0.05, 0.1) is 5.56 Å². The first-order valence-electron chi connectivity index (χ1n) is 3.56. The molecule has 4 nitrogen and oxygen atoms in total. The zero-order valence-electron chi connectivity index (χ0n) is 7.08. The van der Waals surface area contributed by atoms with E-state index in [0.29, 0.717) is 5.56 Å². The first-order valence-corrected chi connectivity index (χ1v) is 4.44. The van der Waals surface area contributed by atoms with Crippen molar-refractivity contribution in [3.63, 3.8) is 0 Å². The number of halogens is 2. The number of carbonyl (C=O) groups is 1. The highest BCUT2D eigenvalue weighted by Gasteiger charge is 2.17. The molecule has 1 aromatic carbocycles. The van der Waals surface area contributed by atoms with Crippen LogP contribution >= 0.6 is 23.0 Å². The predicted octanol–water partition coefficient (Wildman–Crippen LogP) is 3.04. The van der Waals surface area contributed by atoms with Crippen molar-refractivity contribution in [3.8, 4) is 0 Å². The molecule has 0 aliphatic rings. The maximum atomic E-state index is 12.8. The quantitative estimate of drug-likeness (QED) is 0.623. The van der Waals surface area contributed by atoms with E-state index in [0.717, 1.165) is 12.1 Å². The van der Waals surface area contributed by atoms with Gasteiger partial charge < -0.3 is 3.07 Å². The Hall–Kier alpha value is -1.05. The molecule has 0 aliphatic heterocycles. The minimum Gasteiger partial charge on any atom is -0.391 e. The van der Waals surface area contributed by atoms with Crippen LogP contribution in [0.25, 0.3) is 0 Å². The highest BCUT2D eigenvalue weighted by atomic mass is 127. The summed E-state index contributed by atoms with van der Waals surface area (Å²) in [6.45, 7) is 1.50. The third kappa shape index (κ3) is 2.06. The Kier molecular flexibility index (Phi) is 3.50. The zero-order chi connectivity index (χ0) is 10.7. The Bertz CT molecular complexity index is 394. The van der Waals surface area contributed by atoms with Crippen LogP contribution < -0.4 is 0 Å². The van der Waals surface area contributed by atoms with Crippen LogP contribution in [0.2, 0.25) is 0 Å². The maximum Gasteiger partial charge on any atom is 0.350 e. The molecule has 0 bridgehead atoms. The Morgan fingerprint density at radius 1 is 1.57 bits per heavy atom. The molecule has 0 radical (unpaired) electrons. The summed E-state index contributed by atoms with van der Waals surface area (Å²) in [5.41, 5.74) is 0.0706. The summed E-state index contributed by atoms with van der Waals surface area (Å²) in [4.78, 5) is 21.5. The fraction of sp³-hybridized carbons (Fsp3) is 0.125. The van der Waals surface area contributed by atoms with E-state index < -0.39 is 11.8 Å². The average molecular weight is 309 g/mol. The summed E-state index contributed by atoms with van der Waals surface area (Å²) >= 11 is 1.39. The van der Waals surface area contributed by atoms with E-state index in [1.165, 1.54) is 29.9 Å². The molecule has 0 aromatic heterocycles. The van der Waals surface area contributed by atoms with Crippen molar-refractivity contribution in [2.24, 2.45) is 5.18 Å². The van der Waals surface area contributed by atoms with Crippen LogP contribution in [-0.4, -0.2) is 5.97 Å². The summed E-state index contributed by atoms with van der Waals surface area (Å²) in [6, 6.07) is 2.03. The SMILES string of the molecule is Cc1cc(F)cc(N=O)c1C(=O)OI. The molecule has 0 spiro atoms. The van der Waals surface area contributed by atoms with Crippen molar-refractivity contribution in [2.75, 3.05) is 0 Å². The molecule has 74 valence electrons. The van der Waals surface area contributed by atoms with E-state index in [1.807, 2.05) is 0 Å². The average Bonchev–Trinajstić information content (AvgIpc) is 2.15. The number of aryl methyl sites for hydroxylation is 1. The van der Waals surface area contributed by atoms with Gasteiger partial charge in [0.2, 0.25) is 0 Å². The lowest BCUT2D eigenvalue weighted by Crippen LogP contribution is -2.02. The van der Waals surface area contributed by atoms with Crippen LogP contribution in [-0.2, 0) is 3.07 Å². The van der Waals surface area contributed by atoms with Gasteiger partial charge in [-0.25, -0.2) is 9.18 Å². The third-order valence-electron chi connectivity index (χ3n) is 1.65. The fourth-order valence-corrected chi connectivity index (χ4v) is 1.32. The van der Waals surface area contributed by atoms with E-state index in [9.17, 15) is 14.1 Å². The Morgan fingerprint density at radius 3 is 2.71 bits per heavy atom. The molecule has 0 heterocycles. The Balaban J connectivity index is 3.39. The van der Waals surface area contributed by atoms with Crippen LogP contribution in [0.5, 0.6) is 0 Å². The van der Waals surface area contributed by atoms with Gasteiger partial charge in [0.15, 0.2) is 23.0 Å². The normalized spacial score (nSPS) is 9.64. The summed E-state index contributed by atoms with van der Waals surface area (Å²) in [5, 5.41) is 2.57. The van der Waals surface area contributed by atoms with Crippen LogP contribution in [0.1, 0.15) is 15.9 Å². The largest absolute Gasteiger partial charge is 0.391 e. The maximum absolute atomic E-state index is 12.8. The number of nitroso groups, excluding NO2 is 1. The molecule has 6 heteroatoms. The molecule has 1 rings (SSSR count). The second-order valence-electron chi connectivity index (χ2n) is 2.57. The molecule has 0 unspecified atom stereocenters. The molecular formula is C8H5FINO3. The highest BCUT2D eigenvalue weighted by molar-refractivity contribution is 14.1. The summed E-state index contributed by atoms with van der Waals surface area (Å²) in [6.07, 6.45) is 0. The lowest BCUT2D eigenvalue weighted by molar-refractivity contribution is 0.0800. The topological polar surface area (TPSA) is 55.7 Å². The molecule has 0 N–H and O–H groups in total. The molecule has 0 saturated heterocycles. The van der Waals surface area contributed by atoms with Crippen molar-refractivity contribution >= 4 is 34.7 Å².